The van der Waals surface area contributed by atoms with Gasteiger partial charge in [-0.25, -0.2) is 4.79 Å². The van der Waals surface area contributed by atoms with Crippen LogP contribution in [0.4, 0.5) is 0 Å². The molecule has 1 N–H and O–H groups in total. The molecule has 0 amide bonds. The molecule has 0 unspecified atom stereocenters. The SMILES string of the molecule is CCCCOC(=O)c1c(-c2ccccc2)[nH]c(-c2cccs2)c1-c1ccccc1. The second-order valence-electron chi connectivity index (χ2n) is 6.82. The minimum absolute atomic E-state index is 0.282. The standard InChI is InChI=1S/C25H23NO2S/c1-2-3-16-28-25(27)22-21(18-11-6-4-7-12-18)24(20-15-10-17-29-20)26-23(22)19-13-8-5-9-14-19/h4-15,17,26H,2-3,16H2,1H3. The van der Waals surface area contributed by atoms with E-state index in [1.54, 1.807) is 11.3 Å². The number of rotatable bonds is 7. The number of esters is 1. The average Bonchev–Trinajstić information content (AvgIpc) is 3.43. The fraction of sp³-hybridized carbons (Fsp3) is 0.160. The van der Waals surface area contributed by atoms with Gasteiger partial charge in [0.15, 0.2) is 0 Å². The van der Waals surface area contributed by atoms with Crippen LogP contribution in [0, 0.1) is 0 Å². The van der Waals surface area contributed by atoms with Crippen molar-refractivity contribution in [3.8, 4) is 33.0 Å². The third-order valence-corrected chi connectivity index (χ3v) is 5.72. The zero-order chi connectivity index (χ0) is 20.1. The number of aromatic amines is 1. The summed E-state index contributed by atoms with van der Waals surface area (Å²) >= 11 is 1.65. The molecular formula is C25H23NO2S. The van der Waals surface area contributed by atoms with Crippen molar-refractivity contribution in [3.63, 3.8) is 0 Å². The Morgan fingerprint density at radius 3 is 2.21 bits per heavy atom. The Balaban J connectivity index is 1.95. The van der Waals surface area contributed by atoms with Crippen LogP contribution in [0.1, 0.15) is 30.1 Å². The fourth-order valence-electron chi connectivity index (χ4n) is 3.41. The molecule has 2 heterocycles. The van der Waals surface area contributed by atoms with E-state index in [1.807, 2.05) is 72.1 Å². The van der Waals surface area contributed by atoms with Crippen LogP contribution in [0.25, 0.3) is 33.0 Å². The van der Waals surface area contributed by atoms with Crippen LogP contribution in [0.3, 0.4) is 0 Å². The molecule has 4 heteroatoms. The van der Waals surface area contributed by atoms with Crippen molar-refractivity contribution >= 4 is 17.3 Å². The van der Waals surface area contributed by atoms with Crippen LogP contribution in [-0.4, -0.2) is 17.6 Å². The van der Waals surface area contributed by atoms with Crippen molar-refractivity contribution in [1.29, 1.82) is 0 Å². The second kappa shape index (κ2) is 8.93. The smallest absolute Gasteiger partial charge is 0.340 e. The average molecular weight is 402 g/mol. The van der Waals surface area contributed by atoms with Crippen molar-refractivity contribution in [2.24, 2.45) is 0 Å². The molecule has 4 rings (SSSR count). The molecule has 0 saturated heterocycles. The van der Waals surface area contributed by atoms with Gasteiger partial charge in [-0.2, -0.15) is 0 Å². The van der Waals surface area contributed by atoms with Gasteiger partial charge in [0.25, 0.3) is 0 Å². The number of thiophene rings is 1. The molecule has 146 valence electrons. The van der Waals surface area contributed by atoms with Gasteiger partial charge in [-0.05, 0) is 29.0 Å². The third kappa shape index (κ3) is 4.03. The number of carbonyl (C=O) groups is 1. The Morgan fingerprint density at radius 1 is 0.897 bits per heavy atom. The van der Waals surface area contributed by atoms with E-state index in [2.05, 4.69) is 18.0 Å². The predicted octanol–water partition coefficient (Wildman–Crippen LogP) is 7.03. The normalized spacial score (nSPS) is 10.8. The van der Waals surface area contributed by atoms with Crippen LogP contribution in [0.2, 0.25) is 0 Å². The Labute approximate surface area is 175 Å². The highest BCUT2D eigenvalue weighted by molar-refractivity contribution is 7.13. The predicted molar refractivity (Wildman–Crippen MR) is 120 cm³/mol. The lowest BCUT2D eigenvalue weighted by molar-refractivity contribution is 0.0502. The minimum atomic E-state index is -0.282. The van der Waals surface area contributed by atoms with E-state index >= 15 is 0 Å². The van der Waals surface area contributed by atoms with E-state index in [4.69, 9.17) is 4.74 Å². The number of nitrogens with one attached hydrogen (secondary N) is 1. The number of benzene rings is 2. The molecule has 0 fully saturated rings. The summed E-state index contributed by atoms with van der Waals surface area (Å²) in [6.07, 6.45) is 1.84. The number of aromatic nitrogens is 1. The summed E-state index contributed by atoms with van der Waals surface area (Å²) in [5, 5.41) is 2.05. The molecule has 0 radical (unpaired) electrons. The highest BCUT2D eigenvalue weighted by Crippen LogP contribution is 2.42. The summed E-state index contributed by atoms with van der Waals surface area (Å²) < 4.78 is 5.67. The maximum atomic E-state index is 13.3. The van der Waals surface area contributed by atoms with E-state index in [1.165, 1.54) is 0 Å². The second-order valence-corrected chi connectivity index (χ2v) is 7.77. The van der Waals surface area contributed by atoms with Gasteiger partial charge in [0.2, 0.25) is 0 Å². The molecule has 0 aliphatic rings. The number of hydrogen-bond donors (Lipinski definition) is 1. The maximum absolute atomic E-state index is 13.3. The van der Waals surface area contributed by atoms with Gasteiger partial charge in [0.1, 0.15) is 0 Å². The molecule has 0 saturated carbocycles. The molecule has 4 aromatic rings. The zero-order valence-corrected chi connectivity index (χ0v) is 17.2. The zero-order valence-electron chi connectivity index (χ0n) is 16.4. The first-order valence-corrected chi connectivity index (χ1v) is 10.8. The summed E-state index contributed by atoms with van der Waals surface area (Å²) in [6.45, 7) is 2.52. The molecule has 2 aromatic heterocycles. The number of hydrogen-bond acceptors (Lipinski definition) is 3. The minimum Gasteiger partial charge on any atom is -0.462 e. The van der Waals surface area contributed by atoms with Gasteiger partial charge in [-0.3, -0.25) is 0 Å². The van der Waals surface area contributed by atoms with E-state index < -0.39 is 0 Å². The molecule has 0 spiro atoms. The van der Waals surface area contributed by atoms with Crippen LogP contribution < -0.4 is 0 Å². The lowest BCUT2D eigenvalue weighted by Gasteiger charge is -2.09. The first kappa shape index (κ1) is 19.2. The van der Waals surface area contributed by atoms with E-state index in [9.17, 15) is 4.79 Å². The topological polar surface area (TPSA) is 42.1 Å². The molecule has 0 atom stereocenters. The van der Waals surface area contributed by atoms with Gasteiger partial charge in [-0.15, -0.1) is 11.3 Å². The highest BCUT2D eigenvalue weighted by Gasteiger charge is 2.27. The first-order valence-electron chi connectivity index (χ1n) is 9.87. The van der Waals surface area contributed by atoms with Crippen molar-refractivity contribution in [3.05, 3.63) is 83.7 Å². The largest absolute Gasteiger partial charge is 0.462 e. The van der Waals surface area contributed by atoms with Crippen LogP contribution in [-0.2, 0) is 4.74 Å². The van der Waals surface area contributed by atoms with E-state index in [0.29, 0.717) is 12.2 Å². The van der Waals surface area contributed by atoms with Crippen molar-refractivity contribution in [2.75, 3.05) is 6.61 Å². The molecule has 29 heavy (non-hydrogen) atoms. The molecule has 0 aliphatic heterocycles. The Hall–Kier alpha value is -3.11. The molecule has 0 aliphatic carbocycles. The van der Waals surface area contributed by atoms with Crippen molar-refractivity contribution in [2.45, 2.75) is 19.8 Å². The summed E-state index contributed by atoms with van der Waals surface area (Å²) in [5.74, 6) is -0.282. The van der Waals surface area contributed by atoms with Crippen LogP contribution in [0.15, 0.2) is 78.2 Å². The summed E-state index contributed by atoms with van der Waals surface area (Å²) in [5.41, 5.74) is 5.21. The lowest BCUT2D eigenvalue weighted by Crippen LogP contribution is -2.08. The number of H-pyrrole nitrogens is 1. The first-order chi connectivity index (χ1) is 14.3. The highest BCUT2D eigenvalue weighted by atomic mass is 32.1. The Morgan fingerprint density at radius 2 is 1.59 bits per heavy atom. The van der Waals surface area contributed by atoms with Crippen molar-refractivity contribution in [1.82, 2.24) is 4.98 Å². The van der Waals surface area contributed by atoms with E-state index in [-0.39, 0.29) is 5.97 Å². The van der Waals surface area contributed by atoms with Gasteiger partial charge in [-0.1, -0.05) is 80.1 Å². The number of unbranched alkanes of at least 4 members (excludes halogenated alkanes) is 1. The van der Waals surface area contributed by atoms with E-state index in [0.717, 1.165) is 45.8 Å². The molecule has 2 aromatic carbocycles. The monoisotopic (exact) mass is 401 g/mol. The Bertz CT molecular complexity index is 1070. The molecule has 3 nitrogen and oxygen atoms in total. The summed E-state index contributed by atoms with van der Waals surface area (Å²) in [6, 6.07) is 24.1. The van der Waals surface area contributed by atoms with Crippen molar-refractivity contribution < 1.29 is 9.53 Å². The van der Waals surface area contributed by atoms with Gasteiger partial charge < -0.3 is 9.72 Å². The van der Waals surface area contributed by atoms with Gasteiger partial charge in [0.05, 0.1) is 28.4 Å². The fourth-order valence-corrected chi connectivity index (χ4v) is 4.14. The molecule has 0 bridgehead atoms. The lowest BCUT2D eigenvalue weighted by atomic mass is 9.97. The number of carbonyl (C=O) groups excluding carboxylic acids is 1. The Kier molecular flexibility index (Phi) is 5.92. The summed E-state index contributed by atoms with van der Waals surface area (Å²) in [4.78, 5) is 17.9. The van der Waals surface area contributed by atoms with Gasteiger partial charge in [0, 0.05) is 5.56 Å². The van der Waals surface area contributed by atoms with Gasteiger partial charge >= 0.3 is 5.97 Å². The van der Waals surface area contributed by atoms with Crippen LogP contribution in [0.5, 0.6) is 0 Å². The quantitative estimate of drug-likeness (QED) is 0.267. The third-order valence-electron chi connectivity index (χ3n) is 4.83. The molecular weight excluding hydrogens is 378 g/mol. The van der Waals surface area contributed by atoms with Crippen LogP contribution >= 0.6 is 11.3 Å². The summed E-state index contributed by atoms with van der Waals surface area (Å²) in [7, 11) is 0. The maximum Gasteiger partial charge on any atom is 0.340 e. The number of ether oxygens (including phenoxy) is 1.